The van der Waals surface area contributed by atoms with E-state index in [2.05, 4.69) is 4.90 Å². The van der Waals surface area contributed by atoms with Crippen LogP contribution < -0.4 is 0 Å². The molecule has 0 radical (unpaired) electrons. The van der Waals surface area contributed by atoms with Gasteiger partial charge in [-0.25, -0.2) is 0 Å². The van der Waals surface area contributed by atoms with Gasteiger partial charge in [0.1, 0.15) is 0 Å². The van der Waals surface area contributed by atoms with Crippen molar-refractivity contribution >= 4 is 0 Å². The number of hydrogen-bond acceptors (Lipinski definition) is 3. The highest BCUT2D eigenvalue weighted by Gasteiger charge is 2.20. The molecule has 0 aromatic carbocycles. The normalized spacial score (nSPS) is 27.5. The second kappa shape index (κ2) is 5.58. The predicted octanol–water partition coefficient (Wildman–Crippen LogP) is 0.726. The molecular formula is C10H21NO2. The number of methoxy groups -OCH3 is 1. The molecule has 0 aliphatic carbocycles. The quantitative estimate of drug-likeness (QED) is 0.704. The molecule has 2 atom stereocenters. The summed E-state index contributed by atoms with van der Waals surface area (Å²) in [4.78, 5) is 2.33. The van der Waals surface area contributed by atoms with Crippen molar-refractivity contribution in [3.63, 3.8) is 0 Å². The molecule has 0 aromatic heterocycles. The van der Waals surface area contributed by atoms with Crippen molar-refractivity contribution in [3.8, 4) is 0 Å². The lowest BCUT2D eigenvalue weighted by molar-refractivity contribution is 0.0620. The van der Waals surface area contributed by atoms with Gasteiger partial charge in [0.25, 0.3) is 0 Å². The smallest absolute Gasteiger partial charge is 0.0639 e. The Hall–Kier alpha value is -0.120. The molecule has 13 heavy (non-hydrogen) atoms. The van der Waals surface area contributed by atoms with E-state index >= 15 is 0 Å². The summed E-state index contributed by atoms with van der Waals surface area (Å²) in [5.74, 6) is 0.664. The molecule has 1 heterocycles. The van der Waals surface area contributed by atoms with E-state index in [1.807, 2.05) is 6.92 Å². The van der Waals surface area contributed by atoms with Gasteiger partial charge in [0.15, 0.2) is 0 Å². The minimum atomic E-state index is -0.207. The molecule has 3 nitrogen and oxygen atoms in total. The Morgan fingerprint density at radius 3 is 3.00 bits per heavy atom. The molecule has 1 fully saturated rings. The first-order valence-corrected chi connectivity index (χ1v) is 5.11. The van der Waals surface area contributed by atoms with Crippen LogP contribution in [0.4, 0.5) is 0 Å². The topological polar surface area (TPSA) is 32.7 Å². The first kappa shape index (κ1) is 11.0. The zero-order valence-corrected chi connectivity index (χ0v) is 8.70. The first-order chi connectivity index (χ1) is 6.22. The van der Waals surface area contributed by atoms with Gasteiger partial charge >= 0.3 is 0 Å². The maximum Gasteiger partial charge on any atom is 0.0639 e. The number of nitrogens with zero attached hydrogens (tertiary/aromatic N) is 1. The number of likely N-dealkylation sites (tertiary alicyclic amines) is 1. The summed E-state index contributed by atoms with van der Waals surface area (Å²) in [7, 11) is 1.76. The Bertz CT molecular complexity index is 137. The summed E-state index contributed by atoms with van der Waals surface area (Å²) in [5.41, 5.74) is 0. The molecule has 1 N–H and O–H groups in total. The molecule has 0 saturated carbocycles. The van der Waals surface area contributed by atoms with Crippen LogP contribution in [0.3, 0.4) is 0 Å². The van der Waals surface area contributed by atoms with Crippen LogP contribution in [0.5, 0.6) is 0 Å². The van der Waals surface area contributed by atoms with Crippen molar-refractivity contribution in [3.05, 3.63) is 0 Å². The van der Waals surface area contributed by atoms with Gasteiger partial charge in [-0.3, -0.25) is 0 Å². The molecule has 2 unspecified atom stereocenters. The van der Waals surface area contributed by atoms with Gasteiger partial charge in [0, 0.05) is 20.2 Å². The van der Waals surface area contributed by atoms with E-state index in [1.165, 1.54) is 12.8 Å². The van der Waals surface area contributed by atoms with Crippen LogP contribution in [0.15, 0.2) is 0 Å². The van der Waals surface area contributed by atoms with Crippen LogP contribution in [-0.2, 0) is 4.74 Å². The van der Waals surface area contributed by atoms with E-state index < -0.39 is 0 Å². The monoisotopic (exact) mass is 187 g/mol. The Balaban J connectivity index is 2.24. The molecule has 0 bridgehead atoms. The van der Waals surface area contributed by atoms with Crippen LogP contribution in [0.25, 0.3) is 0 Å². The average molecular weight is 187 g/mol. The summed E-state index contributed by atoms with van der Waals surface area (Å²) in [6, 6.07) is 0. The Kier molecular flexibility index (Phi) is 4.70. The standard InChI is InChI=1S/C10H21NO2/c1-9(12)6-11-5-3-4-10(7-11)8-13-2/h9-10,12H,3-8H2,1-2H3. The predicted molar refractivity (Wildman–Crippen MR) is 52.7 cm³/mol. The van der Waals surface area contributed by atoms with Gasteiger partial charge in [-0.05, 0) is 32.2 Å². The third-order valence-corrected chi connectivity index (χ3v) is 2.53. The van der Waals surface area contributed by atoms with Crippen molar-refractivity contribution in [2.75, 3.05) is 33.4 Å². The summed E-state index contributed by atoms with van der Waals surface area (Å²) < 4.78 is 5.15. The number of aliphatic hydroxyl groups is 1. The first-order valence-electron chi connectivity index (χ1n) is 5.11. The van der Waals surface area contributed by atoms with Crippen molar-refractivity contribution in [1.82, 2.24) is 4.90 Å². The van der Waals surface area contributed by atoms with Gasteiger partial charge in [-0.2, -0.15) is 0 Å². The van der Waals surface area contributed by atoms with Gasteiger partial charge < -0.3 is 14.7 Å². The number of piperidine rings is 1. The second-order valence-electron chi connectivity index (χ2n) is 4.07. The Morgan fingerprint density at radius 2 is 2.38 bits per heavy atom. The maximum absolute atomic E-state index is 9.25. The molecular weight excluding hydrogens is 166 g/mol. The van der Waals surface area contributed by atoms with Crippen molar-refractivity contribution in [2.24, 2.45) is 5.92 Å². The van der Waals surface area contributed by atoms with Crippen molar-refractivity contribution in [1.29, 1.82) is 0 Å². The lowest BCUT2D eigenvalue weighted by Gasteiger charge is -2.32. The van der Waals surface area contributed by atoms with E-state index in [4.69, 9.17) is 4.74 Å². The number of aliphatic hydroxyl groups excluding tert-OH is 1. The lowest BCUT2D eigenvalue weighted by atomic mass is 9.99. The van der Waals surface area contributed by atoms with Crippen LogP contribution in [0, 0.1) is 5.92 Å². The molecule has 1 aliphatic heterocycles. The van der Waals surface area contributed by atoms with Gasteiger partial charge in [0.2, 0.25) is 0 Å². The summed E-state index contributed by atoms with van der Waals surface area (Å²) in [6.07, 6.45) is 2.30. The van der Waals surface area contributed by atoms with Gasteiger partial charge in [-0.1, -0.05) is 0 Å². The van der Waals surface area contributed by atoms with E-state index in [0.29, 0.717) is 5.92 Å². The molecule has 78 valence electrons. The number of ether oxygens (including phenoxy) is 1. The van der Waals surface area contributed by atoms with Crippen LogP contribution in [0.2, 0.25) is 0 Å². The fourth-order valence-electron chi connectivity index (χ4n) is 2.06. The molecule has 0 spiro atoms. The van der Waals surface area contributed by atoms with Crippen molar-refractivity contribution < 1.29 is 9.84 Å². The lowest BCUT2D eigenvalue weighted by Crippen LogP contribution is -2.40. The Labute approximate surface area is 80.7 Å². The van der Waals surface area contributed by atoms with E-state index in [0.717, 1.165) is 26.2 Å². The Morgan fingerprint density at radius 1 is 1.62 bits per heavy atom. The summed E-state index contributed by atoms with van der Waals surface area (Å²) >= 11 is 0. The highest BCUT2D eigenvalue weighted by Crippen LogP contribution is 2.16. The molecule has 1 aliphatic rings. The van der Waals surface area contributed by atoms with Crippen LogP contribution >= 0.6 is 0 Å². The minimum absolute atomic E-state index is 0.207. The van der Waals surface area contributed by atoms with Crippen LogP contribution in [0.1, 0.15) is 19.8 Å². The third-order valence-electron chi connectivity index (χ3n) is 2.53. The molecule has 0 amide bonds. The summed E-state index contributed by atoms with van der Waals surface area (Å²) in [5, 5.41) is 9.25. The SMILES string of the molecule is COCC1CCCN(CC(C)O)C1. The van der Waals surface area contributed by atoms with Crippen LogP contribution in [-0.4, -0.2) is 49.5 Å². The second-order valence-corrected chi connectivity index (χ2v) is 4.07. The number of rotatable bonds is 4. The number of β-amino-alcohol motifs (C(OH)–C–C–N with tert-alkyl or cyclic N) is 1. The third kappa shape index (κ3) is 4.07. The molecule has 1 rings (SSSR count). The number of hydrogen-bond donors (Lipinski definition) is 1. The fourth-order valence-corrected chi connectivity index (χ4v) is 2.06. The zero-order chi connectivity index (χ0) is 9.68. The van der Waals surface area contributed by atoms with E-state index in [9.17, 15) is 5.11 Å². The summed E-state index contributed by atoms with van der Waals surface area (Å²) in [6.45, 7) is 5.72. The average Bonchev–Trinajstić information content (AvgIpc) is 2.04. The highest BCUT2D eigenvalue weighted by atomic mass is 16.5. The highest BCUT2D eigenvalue weighted by molar-refractivity contribution is 4.73. The largest absolute Gasteiger partial charge is 0.392 e. The minimum Gasteiger partial charge on any atom is -0.392 e. The fraction of sp³-hybridized carbons (Fsp3) is 1.00. The molecule has 0 aromatic rings. The van der Waals surface area contributed by atoms with E-state index in [1.54, 1.807) is 7.11 Å². The van der Waals surface area contributed by atoms with Gasteiger partial charge in [0.05, 0.1) is 12.7 Å². The molecule has 3 heteroatoms. The van der Waals surface area contributed by atoms with Gasteiger partial charge in [-0.15, -0.1) is 0 Å². The van der Waals surface area contributed by atoms with E-state index in [-0.39, 0.29) is 6.10 Å². The van der Waals surface area contributed by atoms with Crippen molar-refractivity contribution in [2.45, 2.75) is 25.9 Å². The zero-order valence-electron chi connectivity index (χ0n) is 8.70. The molecule has 1 saturated heterocycles. The maximum atomic E-state index is 9.25.